The van der Waals surface area contributed by atoms with E-state index >= 15 is 0 Å². The van der Waals surface area contributed by atoms with Crippen molar-refractivity contribution >= 4 is 5.78 Å². The van der Waals surface area contributed by atoms with Crippen molar-refractivity contribution in [2.24, 2.45) is 17.8 Å². The molecular formula is C14H27NO2. The molecule has 0 radical (unpaired) electrons. The van der Waals surface area contributed by atoms with Crippen molar-refractivity contribution in [3.63, 3.8) is 0 Å². The molecule has 1 rings (SSSR count). The van der Waals surface area contributed by atoms with Gasteiger partial charge in [-0.05, 0) is 11.8 Å². The number of Topliss-reactive ketones (excluding diaryl/α,β-unsaturated/α-hetero) is 1. The van der Waals surface area contributed by atoms with Crippen molar-refractivity contribution < 1.29 is 9.53 Å². The number of hydrogen-bond donors (Lipinski definition) is 0. The monoisotopic (exact) mass is 241 g/mol. The van der Waals surface area contributed by atoms with Crippen LogP contribution in [0.2, 0.25) is 0 Å². The molecular weight excluding hydrogens is 214 g/mol. The first-order chi connectivity index (χ1) is 7.99. The Balaban J connectivity index is 2.48. The summed E-state index contributed by atoms with van der Waals surface area (Å²) in [6.45, 7) is 13.2. The lowest BCUT2D eigenvalue weighted by Crippen LogP contribution is -2.41. The van der Waals surface area contributed by atoms with Gasteiger partial charge in [0, 0.05) is 26.1 Å². The van der Waals surface area contributed by atoms with Crippen LogP contribution in [-0.4, -0.2) is 43.5 Å². The average molecular weight is 241 g/mol. The number of carbonyl (C=O) groups is 1. The van der Waals surface area contributed by atoms with Crippen molar-refractivity contribution in [2.45, 2.75) is 34.1 Å². The van der Waals surface area contributed by atoms with Gasteiger partial charge in [0.25, 0.3) is 0 Å². The van der Waals surface area contributed by atoms with Gasteiger partial charge >= 0.3 is 0 Å². The molecule has 0 spiro atoms. The molecule has 1 heterocycles. The SMILES string of the molecule is CC(C)CN(CC(C)C)CC1COCCC1=O. The van der Waals surface area contributed by atoms with Gasteiger partial charge in [0.15, 0.2) is 0 Å². The van der Waals surface area contributed by atoms with E-state index in [-0.39, 0.29) is 5.92 Å². The van der Waals surface area contributed by atoms with Crippen LogP contribution >= 0.6 is 0 Å². The fourth-order valence-electron chi connectivity index (χ4n) is 2.42. The van der Waals surface area contributed by atoms with E-state index in [1.807, 2.05) is 0 Å². The first-order valence-corrected chi connectivity index (χ1v) is 6.81. The smallest absolute Gasteiger partial charge is 0.141 e. The van der Waals surface area contributed by atoms with E-state index in [4.69, 9.17) is 4.74 Å². The Labute approximate surface area is 106 Å². The highest BCUT2D eigenvalue weighted by Gasteiger charge is 2.25. The molecule has 3 heteroatoms. The van der Waals surface area contributed by atoms with Crippen LogP contribution in [0.3, 0.4) is 0 Å². The Hall–Kier alpha value is -0.410. The van der Waals surface area contributed by atoms with Gasteiger partial charge in [0.2, 0.25) is 0 Å². The topological polar surface area (TPSA) is 29.5 Å². The number of hydrogen-bond acceptors (Lipinski definition) is 3. The predicted molar refractivity (Wildman–Crippen MR) is 70.0 cm³/mol. The Morgan fingerprint density at radius 3 is 2.29 bits per heavy atom. The van der Waals surface area contributed by atoms with Crippen LogP contribution in [0, 0.1) is 17.8 Å². The minimum atomic E-state index is 0.0984. The molecule has 0 aromatic carbocycles. The summed E-state index contributed by atoms with van der Waals surface area (Å²) in [7, 11) is 0. The largest absolute Gasteiger partial charge is 0.380 e. The maximum Gasteiger partial charge on any atom is 0.141 e. The molecule has 1 saturated heterocycles. The van der Waals surface area contributed by atoms with E-state index in [2.05, 4.69) is 32.6 Å². The van der Waals surface area contributed by atoms with Crippen LogP contribution in [0.25, 0.3) is 0 Å². The second kappa shape index (κ2) is 7.12. The van der Waals surface area contributed by atoms with Gasteiger partial charge in [-0.3, -0.25) is 4.79 Å². The summed E-state index contributed by atoms with van der Waals surface area (Å²) in [5.74, 6) is 1.77. The zero-order valence-corrected chi connectivity index (χ0v) is 11.7. The summed E-state index contributed by atoms with van der Waals surface area (Å²) >= 11 is 0. The third kappa shape index (κ3) is 5.64. The Morgan fingerprint density at radius 1 is 1.24 bits per heavy atom. The third-order valence-electron chi connectivity index (χ3n) is 2.99. The third-order valence-corrected chi connectivity index (χ3v) is 2.99. The number of carbonyl (C=O) groups excluding carboxylic acids is 1. The molecule has 17 heavy (non-hydrogen) atoms. The lowest BCUT2D eigenvalue weighted by atomic mass is 9.99. The standard InChI is InChI=1S/C14H27NO2/c1-11(2)7-15(8-12(3)4)9-13-10-17-6-5-14(13)16/h11-13H,5-10H2,1-4H3. The number of nitrogens with zero attached hydrogens (tertiary/aromatic N) is 1. The summed E-state index contributed by atoms with van der Waals surface area (Å²) in [5, 5.41) is 0. The minimum absolute atomic E-state index is 0.0984. The normalized spacial score (nSPS) is 21.8. The van der Waals surface area contributed by atoms with E-state index in [0.717, 1.165) is 19.6 Å². The van der Waals surface area contributed by atoms with E-state index in [0.29, 0.717) is 37.3 Å². The Morgan fingerprint density at radius 2 is 1.82 bits per heavy atom. The van der Waals surface area contributed by atoms with Crippen molar-refractivity contribution in [1.82, 2.24) is 4.90 Å². The summed E-state index contributed by atoms with van der Waals surface area (Å²) in [4.78, 5) is 14.2. The predicted octanol–water partition coefficient (Wildman–Crippen LogP) is 2.21. The molecule has 3 nitrogen and oxygen atoms in total. The van der Waals surface area contributed by atoms with E-state index in [9.17, 15) is 4.79 Å². The van der Waals surface area contributed by atoms with Crippen molar-refractivity contribution in [2.75, 3.05) is 32.8 Å². The van der Waals surface area contributed by atoms with Crippen LogP contribution in [0.5, 0.6) is 0 Å². The zero-order chi connectivity index (χ0) is 12.8. The van der Waals surface area contributed by atoms with Crippen molar-refractivity contribution in [3.8, 4) is 0 Å². The van der Waals surface area contributed by atoms with E-state index < -0.39 is 0 Å². The first-order valence-electron chi connectivity index (χ1n) is 6.81. The Bertz CT molecular complexity index is 228. The number of ketones is 1. The van der Waals surface area contributed by atoms with E-state index in [1.54, 1.807) is 0 Å². The molecule has 0 amide bonds. The van der Waals surface area contributed by atoms with Gasteiger partial charge in [-0.2, -0.15) is 0 Å². The molecule has 0 aliphatic carbocycles. The van der Waals surface area contributed by atoms with Crippen LogP contribution < -0.4 is 0 Å². The summed E-state index contributed by atoms with van der Waals surface area (Å²) < 4.78 is 5.42. The molecule has 0 aromatic heterocycles. The fourth-order valence-corrected chi connectivity index (χ4v) is 2.42. The molecule has 0 aromatic rings. The second-order valence-electron chi connectivity index (χ2n) is 5.99. The zero-order valence-electron chi connectivity index (χ0n) is 11.7. The molecule has 1 aliphatic rings. The molecule has 100 valence electrons. The van der Waals surface area contributed by atoms with Gasteiger partial charge in [-0.25, -0.2) is 0 Å². The molecule has 1 atom stereocenters. The molecule has 0 N–H and O–H groups in total. The van der Waals surface area contributed by atoms with Crippen LogP contribution in [0.15, 0.2) is 0 Å². The fraction of sp³-hybridized carbons (Fsp3) is 0.929. The second-order valence-corrected chi connectivity index (χ2v) is 5.99. The van der Waals surface area contributed by atoms with Gasteiger partial charge in [-0.1, -0.05) is 27.7 Å². The lowest BCUT2D eigenvalue weighted by Gasteiger charge is -2.31. The van der Waals surface area contributed by atoms with E-state index in [1.165, 1.54) is 0 Å². The Kier molecular flexibility index (Phi) is 6.14. The van der Waals surface area contributed by atoms with Crippen LogP contribution in [0.4, 0.5) is 0 Å². The first kappa shape index (κ1) is 14.7. The van der Waals surface area contributed by atoms with Crippen LogP contribution in [0.1, 0.15) is 34.1 Å². The van der Waals surface area contributed by atoms with Crippen LogP contribution in [-0.2, 0) is 9.53 Å². The lowest BCUT2D eigenvalue weighted by molar-refractivity contribution is -0.131. The highest BCUT2D eigenvalue weighted by atomic mass is 16.5. The molecule has 1 fully saturated rings. The van der Waals surface area contributed by atoms with Gasteiger partial charge in [0.05, 0.1) is 19.1 Å². The molecule has 1 unspecified atom stereocenters. The number of rotatable bonds is 6. The van der Waals surface area contributed by atoms with Crippen molar-refractivity contribution in [1.29, 1.82) is 0 Å². The van der Waals surface area contributed by atoms with Crippen molar-refractivity contribution in [3.05, 3.63) is 0 Å². The average Bonchev–Trinajstić information content (AvgIpc) is 2.19. The highest BCUT2D eigenvalue weighted by molar-refractivity contribution is 5.82. The quantitative estimate of drug-likeness (QED) is 0.714. The summed E-state index contributed by atoms with van der Waals surface area (Å²) in [6, 6.07) is 0. The summed E-state index contributed by atoms with van der Waals surface area (Å²) in [6.07, 6.45) is 0.599. The van der Waals surface area contributed by atoms with Gasteiger partial charge in [-0.15, -0.1) is 0 Å². The highest BCUT2D eigenvalue weighted by Crippen LogP contribution is 2.14. The van der Waals surface area contributed by atoms with Gasteiger partial charge < -0.3 is 9.64 Å². The van der Waals surface area contributed by atoms with Gasteiger partial charge in [0.1, 0.15) is 5.78 Å². The maximum atomic E-state index is 11.8. The summed E-state index contributed by atoms with van der Waals surface area (Å²) in [5.41, 5.74) is 0. The maximum absolute atomic E-state index is 11.8. The molecule has 0 bridgehead atoms. The molecule has 0 saturated carbocycles. The molecule has 1 aliphatic heterocycles. The minimum Gasteiger partial charge on any atom is -0.380 e. The number of ether oxygens (including phenoxy) is 1.